The van der Waals surface area contributed by atoms with E-state index in [1.807, 2.05) is 6.92 Å². The highest BCUT2D eigenvalue weighted by Gasteiger charge is 2.18. The molecule has 0 unspecified atom stereocenters. The molecule has 0 aliphatic carbocycles. The van der Waals surface area contributed by atoms with Gasteiger partial charge in [0.15, 0.2) is 11.5 Å². The standard InChI is InChI=1S/C19H25N3O5S/c1-13-6-8-15(28(24,25)22(2)3)11-16(13)20-12-19(23)21-14-7-9-17(26-4)18(10-14)27-5/h6-11,20H,12H2,1-5H3,(H,21,23). The fourth-order valence-corrected chi connectivity index (χ4v) is 3.39. The first-order valence-corrected chi connectivity index (χ1v) is 9.92. The lowest BCUT2D eigenvalue weighted by molar-refractivity contribution is -0.114. The van der Waals surface area contributed by atoms with Gasteiger partial charge in [0.25, 0.3) is 0 Å². The summed E-state index contributed by atoms with van der Waals surface area (Å²) in [5.74, 6) is 0.784. The summed E-state index contributed by atoms with van der Waals surface area (Å²) in [7, 11) is 2.44. The number of carbonyl (C=O) groups is 1. The van der Waals surface area contributed by atoms with E-state index >= 15 is 0 Å². The lowest BCUT2D eigenvalue weighted by Gasteiger charge is -2.15. The zero-order valence-corrected chi connectivity index (χ0v) is 17.4. The van der Waals surface area contributed by atoms with E-state index in [1.54, 1.807) is 30.3 Å². The summed E-state index contributed by atoms with van der Waals surface area (Å²) in [6.07, 6.45) is 0. The number of benzene rings is 2. The van der Waals surface area contributed by atoms with E-state index < -0.39 is 10.0 Å². The third-order valence-corrected chi connectivity index (χ3v) is 5.91. The number of hydrogen-bond acceptors (Lipinski definition) is 6. The van der Waals surface area contributed by atoms with Crippen molar-refractivity contribution in [2.75, 3.05) is 45.5 Å². The van der Waals surface area contributed by atoms with E-state index in [-0.39, 0.29) is 17.3 Å². The van der Waals surface area contributed by atoms with E-state index in [2.05, 4.69) is 10.6 Å². The topological polar surface area (TPSA) is 97.0 Å². The summed E-state index contributed by atoms with van der Waals surface area (Å²) < 4.78 is 36.1. The maximum absolute atomic E-state index is 12.3. The molecule has 0 atom stereocenters. The average Bonchev–Trinajstić information content (AvgIpc) is 2.66. The number of nitrogens with one attached hydrogen (secondary N) is 2. The highest BCUT2D eigenvalue weighted by atomic mass is 32.2. The average molecular weight is 407 g/mol. The molecule has 0 aliphatic rings. The second-order valence-corrected chi connectivity index (χ2v) is 8.39. The molecule has 0 heterocycles. The van der Waals surface area contributed by atoms with Crippen LogP contribution in [0.15, 0.2) is 41.3 Å². The Kier molecular flexibility index (Phi) is 6.87. The Morgan fingerprint density at radius 1 is 1.04 bits per heavy atom. The van der Waals surface area contributed by atoms with Crippen LogP contribution in [0.5, 0.6) is 11.5 Å². The minimum Gasteiger partial charge on any atom is -0.493 e. The summed E-state index contributed by atoms with van der Waals surface area (Å²) in [5.41, 5.74) is 1.96. The van der Waals surface area contributed by atoms with E-state index in [0.29, 0.717) is 22.9 Å². The highest BCUT2D eigenvalue weighted by Crippen LogP contribution is 2.29. The Bertz CT molecular complexity index is 958. The molecule has 2 aromatic carbocycles. The fraction of sp³-hybridized carbons (Fsp3) is 0.316. The number of aryl methyl sites for hydroxylation is 1. The predicted molar refractivity (Wildman–Crippen MR) is 109 cm³/mol. The van der Waals surface area contributed by atoms with Crippen LogP contribution in [0.1, 0.15) is 5.56 Å². The molecule has 2 rings (SSSR count). The monoisotopic (exact) mass is 407 g/mol. The third-order valence-electron chi connectivity index (χ3n) is 4.09. The van der Waals surface area contributed by atoms with E-state index in [1.165, 1.54) is 34.4 Å². The largest absolute Gasteiger partial charge is 0.493 e. The Balaban J connectivity index is 2.09. The second kappa shape index (κ2) is 8.94. The van der Waals surface area contributed by atoms with Crippen LogP contribution in [-0.4, -0.2) is 53.5 Å². The SMILES string of the molecule is COc1ccc(NC(=O)CNc2cc(S(=O)(=O)N(C)C)ccc2C)cc1OC. The lowest BCUT2D eigenvalue weighted by Crippen LogP contribution is -2.24. The Morgan fingerprint density at radius 3 is 2.32 bits per heavy atom. The van der Waals surface area contributed by atoms with Gasteiger partial charge in [0.2, 0.25) is 15.9 Å². The Labute approximate surface area is 165 Å². The zero-order valence-electron chi connectivity index (χ0n) is 16.6. The van der Waals surface area contributed by atoms with Gasteiger partial charge in [-0.15, -0.1) is 0 Å². The summed E-state index contributed by atoms with van der Waals surface area (Å²) in [4.78, 5) is 12.4. The van der Waals surface area contributed by atoms with Crippen molar-refractivity contribution >= 4 is 27.3 Å². The summed E-state index contributed by atoms with van der Waals surface area (Å²) in [6, 6.07) is 9.82. The number of nitrogens with zero attached hydrogens (tertiary/aromatic N) is 1. The minimum atomic E-state index is -3.55. The maximum Gasteiger partial charge on any atom is 0.243 e. The molecule has 1 amide bonds. The van der Waals surface area contributed by atoms with Gasteiger partial charge in [0.1, 0.15) is 0 Å². The molecule has 9 heteroatoms. The third kappa shape index (κ3) is 4.93. The second-order valence-electron chi connectivity index (χ2n) is 6.24. The van der Waals surface area contributed by atoms with Crippen LogP contribution >= 0.6 is 0 Å². The molecular weight excluding hydrogens is 382 g/mol. The van der Waals surface area contributed by atoms with Crippen molar-refractivity contribution in [2.24, 2.45) is 0 Å². The molecule has 2 N–H and O–H groups in total. The van der Waals surface area contributed by atoms with Crippen molar-refractivity contribution in [3.05, 3.63) is 42.0 Å². The van der Waals surface area contributed by atoms with Gasteiger partial charge >= 0.3 is 0 Å². The van der Waals surface area contributed by atoms with Crippen LogP contribution in [0, 0.1) is 6.92 Å². The number of hydrogen-bond donors (Lipinski definition) is 2. The number of methoxy groups -OCH3 is 2. The Hall–Kier alpha value is -2.78. The number of anilines is 2. The molecule has 0 fully saturated rings. The Morgan fingerprint density at radius 2 is 1.71 bits per heavy atom. The highest BCUT2D eigenvalue weighted by molar-refractivity contribution is 7.89. The zero-order chi connectivity index (χ0) is 20.9. The van der Waals surface area contributed by atoms with Crippen molar-refractivity contribution in [1.29, 1.82) is 0 Å². The van der Waals surface area contributed by atoms with Crippen LogP contribution < -0.4 is 20.1 Å². The van der Waals surface area contributed by atoms with Gasteiger partial charge in [-0.05, 0) is 36.8 Å². The number of amides is 1. The van der Waals surface area contributed by atoms with Crippen molar-refractivity contribution in [3.8, 4) is 11.5 Å². The minimum absolute atomic E-state index is 0.0271. The van der Waals surface area contributed by atoms with Crippen LogP contribution in [-0.2, 0) is 14.8 Å². The first-order valence-electron chi connectivity index (χ1n) is 8.48. The first kappa shape index (κ1) is 21.5. The molecule has 0 aromatic heterocycles. The molecular formula is C19H25N3O5S. The fourth-order valence-electron chi connectivity index (χ4n) is 2.46. The molecule has 0 bridgehead atoms. The molecule has 152 valence electrons. The number of carbonyl (C=O) groups excluding carboxylic acids is 1. The van der Waals surface area contributed by atoms with Gasteiger partial charge in [-0.25, -0.2) is 12.7 Å². The predicted octanol–water partition coefficient (Wildman–Crippen LogP) is 2.31. The van der Waals surface area contributed by atoms with Crippen molar-refractivity contribution in [1.82, 2.24) is 4.31 Å². The summed E-state index contributed by atoms with van der Waals surface area (Å²) in [6.45, 7) is 1.81. The maximum atomic E-state index is 12.3. The van der Waals surface area contributed by atoms with Gasteiger partial charge < -0.3 is 20.1 Å². The first-order chi connectivity index (χ1) is 13.2. The molecule has 8 nitrogen and oxygen atoms in total. The molecule has 2 aromatic rings. The molecule has 0 saturated heterocycles. The normalized spacial score (nSPS) is 11.2. The van der Waals surface area contributed by atoms with Gasteiger partial charge in [-0.2, -0.15) is 0 Å². The van der Waals surface area contributed by atoms with E-state index in [4.69, 9.17) is 9.47 Å². The van der Waals surface area contributed by atoms with E-state index in [0.717, 1.165) is 9.87 Å². The van der Waals surface area contributed by atoms with Crippen LogP contribution in [0.25, 0.3) is 0 Å². The number of rotatable bonds is 8. The van der Waals surface area contributed by atoms with E-state index in [9.17, 15) is 13.2 Å². The molecule has 0 saturated carbocycles. The van der Waals surface area contributed by atoms with Crippen molar-refractivity contribution in [2.45, 2.75) is 11.8 Å². The van der Waals surface area contributed by atoms with Gasteiger partial charge in [-0.1, -0.05) is 6.07 Å². The number of ether oxygens (including phenoxy) is 2. The van der Waals surface area contributed by atoms with Gasteiger partial charge in [-0.3, -0.25) is 4.79 Å². The van der Waals surface area contributed by atoms with Crippen LogP contribution in [0.2, 0.25) is 0 Å². The lowest BCUT2D eigenvalue weighted by atomic mass is 10.2. The molecule has 0 aliphatic heterocycles. The molecule has 0 spiro atoms. The number of sulfonamides is 1. The summed E-state index contributed by atoms with van der Waals surface area (Å²) >= 11 is 0. The van der Waals surface area contributed by atoms with Crippen LogP contribution in [0.3, 0.4) is 0 Å². The van der Waals surface area contributed by atoms with Crippen LogP contribution in [0.4, 0.5) is 11.4 Å². The molecule has 28 heavy (non-hydrogen) atoms. The van der Waals surface area contributed by atoms with Gasteiger partial charge in [0.05, 0.1) is 25.7 Å². The van der Waals surface area contributed by atoms with Crippen molar-refractivity contribution in [3.63, 3.8) is 0 Å². The smallest absolute Gasteiger partial charge is 0.243 e. The van der Waals surface area contributed by atoms with Crippen molar-refractivity contribution < 1.29 is 22.7 Å². The van der Waals surface area contributed by atoms with Gasteiger partial charge in [0, 0.05) is 31.5 Å². The summed E-state index contributed by atoms with van der Waals surface area (Å²) in [5, 5.41) is 5.74. The molecule has 0 radical (unpaired) electrons. The quantitative estimate of drug-likeness (QED) is 0.697.